The third kappa shape index (κ3) is 1.78. The van der Waals surface area contributed by atoms with E-state index in [0.717, 1.165) is 11.3 Å². The molecule has 0 fully saturated rings. The van der Waals surface area contributed by atoms with Gasteiger partial charge < -0.3 is 11.1 Å². The molecule has 46 valence electrons. The molecule has 0 saturated carbocycles. The summed E-state index contributed by atoms with van der Waals surface area (Å²) in [5.74, 6) is 0. The van der Waals surface area contributed by atoms with Gasteiger partial charge in [0.1, 0.15) is 0 Å². The van der Waals surface area contributed by atoms with E-state index in [0.29, 0.717) is 5.71 Å². The number of allylic oxidation sites excluding steroid dienone is 2. The molecule has 0 aromatic heterocycles. The SMILES string of the molecule is CC(=N)/C(C)=C(\C)N. The van der Waals surface area contributed by atoms with E-state index in [1.165, 1.54) is 0 Å². The standard InChI is InChI=1S/C6H12N2/c1-4(5(2)7)6(3)8/h7H,8H2,1-3H3/b6-4+,7-5?. The molecule has 0 aromatic carbocycles. The lowest BCUT2D eigenvalue weighted by Gasteiger charge is -1.97. The minimum absolute atomic E-state index is 0.546. The molecule has 0 aliphatic heterocycles. The number of nitrogens with one attached hydrogen (secondary N) is 1. The van der Waals surface area contributed by atoms with E-state index < -0.39 is 0 Å². The lowest BCUT2D eigenvalue weighted by Crippen LogP contribution is -2.01. The Labute approximate surface area is 49.9 Å². The average molecular weight is 112 g/mol. The van der Waals surface area contributed by atoms with Crippen LogP contribution in [0.3, 0.4) is 0 Å². The van der Waals surface area contributed by atoms with Gasteiger partial charge in [0, 0.05) is 11.4 Å². The Morgan fingerprint density at radius 3 is 1.62 bits per heavy atom. The molecule has 0 unspecified atom stereocenters. The molecule has 0 radical (unpaired) electrons. The molecular weight excluding hydrogens is 100 g/mol. The molecule has 0 aliphatic rings. The van der Waals surface area contributed by atoms with Gasteiger partial charge in [-0.2, -0.15) is 0 Å². The van der Waals surface area contributed by atoms with E-state index in [9.17, 15) is 0 Å². The van der Waals surface area contributed by atoms with Gasteiger partial charge in [0.25, 0.3) is 0 Å². The second kappa shape index (κ2) is 2.50. The fraction of sp³-hybridized carbons (Fsp3) is 0.500. The Hall–Kier alpha value is -0.790. The molecule has 3 N–H and O–H groups in total. The van der Waals surface area contributed by atoms with Crippen molar-refractivity contribution in [2.45, 2.75) is 20.8 Å². The van der Waals surface area contributed by atoms with Gasteiger partial charge in [0.05, 0.1) is 0 Å². The normalized spacial score (nSPS) is 12.9. The van der Waals surface area contributed by atoms with Crippen LogP contribution in [-0.2, 0) is 0 Å². The number of nitrogens with two attached hydrogens (primary N) is 1. The third-order valence-corrected chi connectivity index (χ3v) is 1.15. The minimum Gasteiger partial charge on any atom is -0.402 e. The first-order chi connectivity index (χ1) is 3.55. The van der Waals surface area contributed by atoms with Crippen LogP contribution in [0.1, 0.15) is 20.8 Å². The van der Waals surface area contributed by atoms with Crippen LogP contribution in [0.25, 0.3) is 0 Å². The molecule has 2 nitrogen and oxygen atoms in total. The minimum atomic E-state index is 0.546. The summed E-state index contributed by atoms with van der Waals surface area (Å²) in [7, 11) is 0. The van der Waals surface area contributed by atoms with Crippen molar-refractivity contribution < 1.29 is 0 Å². The maximum atomic E-state index is 7.09. The molecule has 2 heteroatoms. The van der Waals surface area contributed by atoms with Crippen LogP contribution in [0.15, 0.2) is 11.3 Å². The maximum Gasteiger partial charge on any atom is 0.0329 e. The zero-order valence-corrected chi connectivity index (χ0v) is 5.58. The quantitative estimate of drug-likeness (QED) is 0.493. The van der Waals surface area contributed by atoms with E-state index in [4.69, 9.17) is 11.1 Å². The molecule has 0 bridgehead atoms. The molecule has 0 rings (SSSR count). The summed E-state index contributed by atoms with van der Waals surface area (Å²) in [5.41, 5.74) is 7.54. The summed E-state index contributed by atoms with van der Waals surface area (Å²) in [4.78, 5) is 0. The fourth-order valence-electron chi connectivity index (χ4n) is 0.296. The van der Waals surface area contributed by atoms with Crippen molar-refractivity contribution in [3.63, 3.8) is 0 Å². The van der Waals surface area contributed by atoms with Gasteiger partial charge in [-0.3, -0.25) is 0 Å². The lowest BCUT2D eigenvalue weighted by atomic mass is 10.2. The monoisotopic (exact) mass is 112 g/mol. The van der Waals surface area contributed by atoms with E-state index in [1.807, 2.05) is 6.92 Å². The molecule has 0 amide bonds. The van der Waals surface area contributed by atoms with E-state index in [2.05, 4.69) is 0 Å². The zero-order chi connectivity index (χ0) is 6.73. The molecule has 0 atom stereocenters. The second-order valence-corrected chi connectivity index (χ2v) is 1.93. The van der Waals surface area contributed by atoms with Gasteiger partial charge in [0.2, 0.25) is 0 Å². The number of rotatable bonds is 1. The van der Waals surface area contributed by atoms with Crippen molar-refractivity contribution in [2.24, 2.45) is 5.73 Å². The van der Waals surface area contributed by atoms with Crippen LogP contribution in [0.5, 0.6) is 0 Å². The summed E-state index contributed by atoms with van der Waals surface area (Å²) in [6, 6.07) is 0. The van der Waals surface area contributed by atoms with Gasteiger partial charge >= 0.3 is 0 Å². The van der Waals surface area contributed by atoms with Crippen molar-refractivity contribution in [3.05, 3.63) is 11.3 Å². The summed E-state index contributed by atoms with van der Waals surface area (Å²) in [6.07, 6.45) is 0. The Kier molecular flexibility index (Phi) is 2.25. The summed E-state index contributed by atoms with van der Waals surface area (Å²) in [5, 5.41) is 7.09. The highest BCUT2D eigenvalue weighted by molar-refractivity contribution is 5.95. The van der Waals surface area contributed by atoms with Gasteiger partial charge in [-0.1, -0.05) is 0 Å². The van der Waals surface area contributed by atoms with E-state index in [-0.39, 0.29) is 0 Å². The van der Waals surface area contributed by atoms with Crippen LogP contribution < -0.4 is 5.73 Å². The van der Waals surface area contributed by atoms with Gasteiger partial charge in [0.15, 0.2) is 0 Å². The summed E-state index contributed by atoms with van der Waals surface area (Å²) in [6.45, 7) is 5.37. The van der Waals surface area contributed by atoms with Gasteiger partial charge in [-0.15, -0.1) is 0 Å². The fourth-order valence-corrected chi connectivity index (χ4v) is 0.296. The first-order valence-corrected chi connectivity index (χ1v) is 2.54. The predicted octanol–water partition coefficient (Wildman–Crippen LogP) is 1.28. The van der Waals surface area contributed by atoms with Crippen LogP contribution >= 0.6 is 0 Å². The molecule has 0 heterocycles. The molecule has 0 aromatic rings. The van der Waals surface area contributed by atoms with Gasteiger partial charge in [-0.25, -0.2) is 0 Å². The molecular formula is C6H12N2. The van der Waals surface area contributed by atoms with E-state index in [1.54, 1.807) is 13.8 Å². The molecule has 0 aliphatic carbocycles. The Morgan fingerprint density at radius 2 is 1.62 bits per heavy atom. The molecule has 8 heavy (non-hydrogen) atoms. The zero-order valence-electron chi connectivity index (χ0n) is 5.58. The Morgan fingerprint density at radius 1 is 1.25 bits per heavy atom. The first-order valence-electron chi connectivity index (χ1n) is 2.54. The van der Waals surface area contributed by atoms with Crippen molar-refractivity contribution in [1.29, 1.82) is 5.41 Å². The van der Waals surface area contributed by atoms with Crippen molar-refractivity contribution in [2.75, 3.05) is 0 Å². The Balaban J connectivity index is 4.23. The second-order valence-electron chi connectivity index (χ2n) is 1.93. The highest BCUT2D eigenvalue weighted by atomic mass is 14.6. The maximum absolute atomic E-state index is 7.09. The number of hydrogen-bond acceptors (Lipinski definition) is 2. The van der Waals surface area contributed by atoms with Crippen LogP contribution in [0.4, 0.5) is 0 Å². The summed E-state index contributed by atoms with van der Waals surface area (Å²) < 4.78 is 0. The first kappa shape index (κ1) is 7.21. The third-order valence-electron chi connectivity index (χ3n) is 1.15. The topological polar surface area (TPSA) is 49.9 Å². The van der Waals surface area contributed by atoms with Crippen molar-refractivity contribution >= 4 is 5.71 Å². The highest BCUT2D eigenvalue weighted by Crippen LogP contribution is 1.96. The summed E-state index contributed by atoms with van der Waals surface area (Å²) >= 11 is 0. The average Bonchev–Trinajstić information content (AvgIpc) is 1.64. The molecule has 0 saturated heterocycles. The lowest BCUT2D eigenvalue weighted by molar-refractivity contribution is 1.24. The number of hydrogen-bond donors (Lipinski definition) is 2. The van der Waals surface area contributed by atoms with Crippen LogP contribution in [-0.4, -0.2) is 5.71 Å². The smallest absolute Gasteiger partial charge is 0.0329 e. The van der Waals surface area contributed by atoms with Crippen molar-refractivity contribution in [3.8, 4) is 0 Å². The largest absolute Gasteiger partial charge is 0.402 e. The van der Waals surface area contributed by atoms with E-state index >= 15 is 0 Å². The van der Waals surface area contributed by atoms with Crippen LogP contribution in [0.2, 0.25) is 0 Å². The highest BCUT2D eigenvalue weighted by Gasteiger charge is 1.91. The predicted molar refractivity (Wildman–Crippen MR) is 36.0 cm³/mol. The van der Waals surface area contributed by atoms with Gasteiger partial charge in [-0.05, 0) is 26.3 Å². The van der Waals surface area contributed by atoms with Crippen molar-refractivity contribution in [1.82, 2.24) is 0 Å². The van der Waals surface area contributed by atoms with Crippen LogP contribution in [0, 0.1) is 5.41 Å². The molecule has 0 spiro atoms. The Bertz CT molecular complexity index is 129.